The highest BCUT2D eigenvalue weighted by Crippen LogP contribution is 2.17. The van der Waals surface area contributed by atoms with E-state index in [1.54, 1.807) is 19.0 Å². The lowest BCUT2D eigenvalue weighted by Gasteiger charge is -2.35. The van der Waals surface area contributed by atoms with Crippen molar-refractivity contribution in [2.45, 2.75) is 13.8 Å². The Morgan fingerprint density at radius 2 is 1.53 bits per heavy atom. The molecule has 0 aliphatic carbocycles. The summed E-state index contributed by atoms with van der Waals surface area (Å²) in [5, 5.41) is 0.293. The second kappa shape index (κ2) is 5.27. The smallest absolute Gasteiger partial charge is 0.267 e. The van der Waals surface area contributed by atoms with Crippen molar-refractivity contribution in [1.29, 1.82) is 0 Å². The number of hydrogen-bond donors (Lipinski definition) is 0. The molecule has 17 heavy (non-hydrogen) atoms. The van der Waals surface area contributed by atoms with Crippen molar-refractivity contribution < 1.29 is 9.59 Å². The number of amides is 2. The summed E-state index contributed by atoms with van der Waals surface area (Å²) >= 11 is 5.14. The number of hydrogen-bond acceptors (Lipinski definition) is 4. The van der Waals surface area contributed by atoms with Gasteiger partial charge in [-0.25, -0.2) is 0 Å². The highest BCUT2D eigenvalue weighted by Gasteiger charge is 2.37. The largest absolute Gasteiger partial charge is 0.383 e. The molecule has 1 aliphatic heterocycles. The van der Waals surface area contributed by atoms with Crippen LogP contribution in [-0.2, 0) is 9.59 Å². The van der Waals surface area contributed by atoms with Gasteiger partial charge in [0.2, 0.25) is 0 Å². The van der Waals surface area contributed by atoms with E-state index in [0.717, 1.165) is 0 Å². The van der Waals surface area contributed by atoms with Crippen LogP contribution in [0.5, 0.6) is 0 Å². The van der Waals surface area contributed by atoms with Crippen molar-refractivity contribution in [3.63, 3.8) is 0 Å². The molecular formula is C11H17N3O2S. The van der Waals surface area contributed by atoms with E-state index in [1.165, 1.54) is 16.0 Å². The second-order valence-corrected chi connectivity index (χ2v) is 4.25. The van der Waals surface area contributed by atoms with E-state index in [1.807, 2.05) is 13.8 Å². The Balaban J connectivity index is 3.19. The van der Waals surface area contributed by atoms with Gasteiger partial charge < -0.3 is 4.90 Å². The van der Waals surface area contributed by atoms with E-state index in [4.69, 9.17) is 12.2 Å². The molecule has 0 unspecified atom stereocenters. The van der Waals surface area contributed by atoms with Gasteiger partial charge in [0.15, 0.2) is 5.11 Å². The minimum atomic E-state index is -0.319. The third-order valence-corrected chi connectivity index (χ3v) is 2.87. The zero-order chi connectivity index (χ0) is 13.2. The van der Waals surface area contributed by atoms with E-state index < -0.39 is 0 Å². The molecule has 0 spiro atoms. The summed E-state index contributed by atoms with van der Waals surface area (Å²) in [7, 11) is 3.54. The molecule has 0 bridgehead atoms. The van der Waals surface area contributed by atoms with Crippen LogP contribution in [0.4, 0.5) is 0 Å². The minimum Gasteiger partial charge on any atom is -0.383 e. The molecule has 1 aliphatic rings. The quantitative estimate of drug-likeness (QED) is 0.417. The maximum Gasteiger partial charge on any atom is 0.267 e. The van der Waals surface area contributed by atoms with Crippen molar-refractivity contribution in [2.75, 3.05) is 27.2 Å². The molecule has 6 heteroatoms. The monoisotopic (exact) mass is 255 g/mol. The average molecular weight is 255 g/mol. The molecule has 0 radical (unpaired) electrons. The molecule has 0 aromatic rings. The van der Waals surface area contributed by atoms with Crippen LogP contribution < -0.4 is 0 Å². The van der Waals surface area contributed by atoms with Crippen molar-refractivity contribution in [3.05, 3.63) is 11.8 Å². The third kappa shape index (κ3) is 2.46. The van der Waals surface area contributed by atoms with Gasteiger partial charge in [0.1, 0.15) is 5.57 Å². The van der Waals surface area contributed by atoms with E-state index >= 15 is 0 Å². The fourth-order valence-electron chi connectivity index (χ4n) is 1.63. The average Bonchev–Trinajstić information content (AvgIpc) is 2.25. The zero-order valence-corrected chi connectivity index (χ0v) is 11.4. The lowest BCUT2D eigenvalue weighted by molar-refractivity contribution is -0.133. The predicted molar refractivity (Wildman–Crippen MR) is 69.1 cm³/mol. The Morgan fingerprint density at radius 1 is 1.12 bits per heavy atom. The molecule has 2 amide bonds. The van der Waals surface area contributed by atoms with Crippen molar-refractivity contribution in [2.24, 2.45) is 0 Å². The number of likely N-dealkylation sites (N-methyl/N-ethyl adjacent to an activating group) is 2. The first-order chi connectivity index (χ1) is 7.93. The van der Waals surface area contributed by atoms with Gasteiger partial charge in [-0.15, -0.1) is 0 Å². The summed E-state index contributed by atoms with van der Waals surface area (Å²) in [6, 6.07) is 0. The molecule has 0 saturated carbocycles. The van der Waals surface area contributed by atoms with Gasteiger partial charge in [0.25, 0.3) is 11.8 Å². The Hall–Kier alpha value is -1.43. The molecule has 0 aromatic carbocycles. The molecule has 1 rings (SSSR count). The van der Waals surface area contributed by atoms with Crippen LogP contribution in [0.25, 0.3) is 0 Å². The number of rotatable bonds is 3. The minimum absolute atomic E-state index is 0.160. The number of carbonyl (C=O) groups is 2. The molecule has 0 N–H and O–H groups in total. The highest BCUT2D eigenvalue weighted by atomic mass is 32.1. The maximum atomic E-state index is 12.1. The Labute approximate surface area is 107 Å². The first kappa shape index (κ1) is 13.6. The van der Waals surface area contributed by atoms with Crippen LogP contribution in [0.15, 0.2) is 11.8 Å². The Bertz CT molecular complexity index is 362. The van der Waals surface area contributed by atoms with Gasteiger partial charge >= 0.3 is 0 Å². The Kier molecular flexibility index (Phi) is 4.22. The normalized spacial score (nSPS) is 16.7. The molecule has 0 aromatic heterocycles. The Morgan fingerprint density at radius 3 is 1.82 bits per heavy atom. The second-order valence-electron chi connectivity index (χ2n) is 3.89. The van der Waals surface area contributed by atoms with E-state index in [-0.39, 0.29) is 17.4 Å². The molecule has 94 valence electrons. The van der Waals surface area contributed by atoms with Crippen LogP contribution in [0.2, 0.25) is 0 Å². The van der Waals surface area contributed by atoms with Gasteiger partial charge in [-0.3, -0.25) is 19.4 Å². The highest BCUT2D eigenvalue weighted by molar-refractivity contribution is 7.80. The first-order valence-electron chi connectivity index (χ1n) is 5.49. The molecule has 1 saturated heterocycles. The molecule has 5 nitrogen and oxygen atoms in total. The van der Waals surface area contributed by atoms with Gasteiger partial charge in [0.05, 0.1) is 0 Å². The van der Waals surface area contributed by atoms with Crippen LogP contribution >= 0.6 is 12.2 Å². The zero-order valence-electron chi connectivity index (χ0n) is 10.6. The summed E-state index contributed by atoms with van der Waals surface area (Å²) in [6.45, 7) is 4.60. The summed E-state index contributed by atoms with van der Waals surface area (Å²) in [5.74, 6) is -0.637. The van der Waals surface area contributed by atoms with Gasteiger partial charge in [-0.2, -0.15) is 0 Å². The first-order valence-corrected chi connectivity index (χ1v) is 5.90. The van der Waals surface area contributed by atoms with E-state index in [2.05, 4.69) is 0 Å². The molecule has 1 fully saturated rings. The fourth-order valence-corrected chi connectivity index (χ4v) is 2.05. The number of nitrogens with zero attached hydrogens (tertiary/aromatic N) is 3. The van der Waals surface area contributed by atoms with Gasteiger partial charge in [0, 0.05) is 33.4 Å². The molecular weight excluding hydrogens is 238 g/mol. The maximum absolute atomic E-state index is 12.1. The number of thiocarbonyl (C=S) groups is 1. The summed E-state index contributed by atoms with van der Waals surface area (Å²) in [5.41, 5.74) is 0.160. The third-order valence-electron chi connectivity index (χ3n) is 2.43. The van der Waals surface area contributed by atoms with Crippen LogP contribution in [0.3, 0.4) is 0 Å². The van der Waals surface area contributed by atoms with Crippen molar-refractivity contribution >= 4 is 29.1 Å². The van der Waals surface area contributed by atoms with E-state index in [0.29, 0.717) is 18.2 Å². The summed E-state index contributed by atoms with van der Waals surface area (Å²) < 4.78 is 0. The van der Waals surface area contributed by atoms with Gasteiger partial charge in [-0.1, -0.05) is 0 Å². The lowest BCUT2D eigenvalue weighted by Crippen LogP contribution is -2.56. The van der Waals surface area contributed by atoms with Crippen LogP contribution in [-0.4, -0.2) is 58.8 Å². The molecule has 0 atom stereocenters. The predicted octanol–water partition coefficient (Wildman–Crippen LogP) is 0.427. The fraction of sp³-hybridized carbons (Fsp3) is 0.545. The SMILES string of the molecule is CCN1C(=O)C(=CN(C)C)C(=O)N(CC)C1=S. The summed E-state index contributed by atoms with van der Waals surface area (Å²) in [6.07, 6.45) is 1.54. The lowest BCUT2D eigenvalue weighted by atomic mass is 10.1. The van der Waals surface area contributed by atoms with Crippen molar-refractivity contribution in [1.82, 2.24) is 14.7 Å². The molecule has 1 heterocycles. The van der Waals surface area contributed by atoms with Crippen LogP contribution in [0, 0.1) is 0 Å². The standard InChI is InChI=1S/C11H17N3O2S/c1-5-13-9(15)8(7-12(3)4)10(16)14(6-2)11(13)17/h7H,5-6H2,1-4H3. The van der Waals surface area contributed by atoms with Gasteiger partial charge in [-0.05, 0) is 26.1 Å². The van der Waals surface area contributed by atoms with Crippen LogP contribution in [0.1, 0.15) is 13.8 Å². The number of carbonyl (C=O) groups excluding carboxylic acids is 2. The van der Waals surface area contributed by atoms with Crippen molar-refractivity contribution in [3.8, 4) is 0 Å². The summed E-state index contributed by atoms with van der Waals surface area (Å²) in [4.78, 5) is 28.7. The topological polar surface area (TPSA) is 43.9 Å². The van der Waals surface area contributed by atoms with E-state index in [9.17, 15) is 9.59 Å².